The second kappa shape index (κ2) is 9.32. The van der Waals surface area contributed by atoms with Crippen molar-refractivity contribution in [3.05, 3.63) is 21.8 Å². The molecule has 1 atom stereocenters. The molecule has 8 nitrogen and oxygen atoms in total. The number of hydrogen-bond acceptors (Lipinski definition) is 6. The Morgan fingerprint density at radius 2 is 2.07 bits per heavy atom. The van der Waals surface area contributed by atoms with Crippen molar-refractivity contribution in [2.45, 2.75) is 71.9 Å². The Bertz CT molecular complexity index is 873. The van der Waals surface area contributed by atoms with E-state index in [1.54, 1.807) is 6.92 Å². The third-order valence-electron chi connectivity index (χ3n) is 5.59. The summed E-state index contributed by atoms with van der Waals surface area (Å²) in [4.78, 5) is 27.0. The highest BCUT2D eigenvalue weighted by molar-refractivity contribution is 5.81. The quantitative estimate of drug-likeness (QED) is 0.696. The van der Waals surface area contributed by atoms with Crippen LogP contribution < -0.4 is 10.9 Å². The van der Waals surface area contributed by atoms with Gasteiger partial charge in [-0.15, -0.1) is 0 Å². The van der Waals surface area contributed by atoms with Crippen LogP contribution in [0.3, 0.4) is 0 Å². The zero-order valence-electron chi connectivity index (χ0n) is 17.2. The van der Waals surface area contributed by atoms with Crippen molar-refractivity contribution in [2.24, 2.45) is 0 Å². The lowest BCUT2D eigenvalue weighted by atomic mass is 10.0. The summed E-state index contributed by atoms with van der Waals surface area (Å²) in [6.07, 6.45) is 5.79. The predicted octanol–water partition coefficient (Wildman–Crippen LogP) is 2.16. The van der Waals surface area contributed by atoms with E-state index in [9.17, 15) is 9.59 Å². The molecule has 28 heavy (non-hydrogen) atoms. The van der Waals surface area contributed by atoms with Crippen molar-refractivity contribution in [3.63, 3.8) is 0 Å². The number of nitrogens with one attached hydrogen (secondary N) is 1. The molecule has 3 rings (SSSR count). The van der Waals surface area contributed by atoms with E-state index in [1.807, 2.05) is 6.92 Å². The molecule has 0 unspecified atom stereocenters. The monoisotopic (exact) mass is 389 g/mol. The predicted molar refractivity (Wildman–Crippen MR) is 107 cm³/mol. The molecule has 8 heteroatoms. The van der Waals surface area contributed by atoms with E-state index in [2.05, 4.69) is 27.4 Å². The summed E-state index contributed by atoms with van der Waals surface area (Å²) in [6.45, 7) is 9.18. The van der Waals surface area contributed by atoms with E-state index in [0.717, 1.165) is 13.0 Å². The second-order valence-electron chi connectivity index (χ2n) is 7.76. The summed E-state index contributed by atoms with van der Waals surface area (Å²) < 4.78 is 6.49. The fourth-order valence-corrected chi connectivity index (χ4v) is 3.97. The van der Waals surface area contributed by atoms with E-state index >= 15 is 0 Å². The van der Waals surface area contributed by atoms with Crippen LogP contribution in [-0.4, -0.2) is 51.4 Å². The van der Waals surface area contributed by atoms with Crippen LogP contribution in [0.1, 0.15) is 56.9 Å². The number of aryl methyl sites for hydroxylation is 3. The summed E-state index contributed by atoms with van der Waals surface area (Å²) in [5, 5.41) is 11.8. The van der Waals surface area contributed by atoms with Crippen LogP contribution in [0.5, 0.6) is 0 Å². The van der Waals surface area contributed by atoms with Crippen molar-refractivity contribution < 1.29 is 9.32 Å². The Hall–Kier alpha value is -2.22. The minimum absolute atomic E-state index is 0.0230. The van der Waals surface area contributed by atoms with Gasteiger partial charge < -0.3 is 14.7 Å². The van der Waals surface area contributed by atoms with Gasteiger partial charge in [0, 0.05) is 32.1 Å². The number of fused-ring (bicyclic) bond motifs is 1. The zero-order valence-corrected chi connectivity index (χ0v) is 17.2. The first-order chi connectivity index (χ1) is 13.5. The van der Waals surface area contributed by atoms with Crippen LogP contribution in [0.25, 0.3) is 10.9 Å². The zero-order chi connectivity index (χ0) is 20.1. The average molecular weight is 390 g/mol. The Labute approximate surface area is 165 Å². The summed E-state index contributed by atoms with van der Waals surface area (Å²) in [5.41, 5.74) is 0.750. The van der Waals surface area contributed by atoms with Crippen molar-refractivity contribution in [1.29, 1.82) is 0 Å². The molecule has 0 aliphatic carbocycles. The largest absolute Gasteiger partial charge is 0.360 e. The molecule has 1 N–H and O–H groups in total. The highest BCUT2D eigenvalue weighted by atomic mass is 16.5. The molecule has 1 aliphatic heterocycles. The maximum atomic E-state index is 12.4. The molecule has 1 amide bonds. The van der Waals surface area contributed by atoms with Gasteiger partial charge in [-0.3, -0.25) is 9.59 Å². The van der Waals surface area contributed by atoms with Gasteiger partial charge in [-0.05, 0) is 53.0 Å². The lowest BCUT2D eigenvalue weighted by Gasteiger charge is -2.33. The molecule has 2 aromatic heterocycles. The fourth-order valence-electron chi connectivity index (χ4n) is 3.97. The van der Waals surface area contributed by atoms with Crippen LogP contribution >= 0.6 is 0 Å². The number of nitrogens with zero attached hydrogens (tertiary/aromatic N) is 4. The minimum atomic E-state index is -0.270. The van der Waals surface area contributed by atoms with Gasteiger partial charge in [0.25, 0.3) is 5.56 Å². The third kappa shape index (κ3) is 4.79. The van der Waals surface area contributed by atoms with Crippen molar-refractivity contribution in [2.75, 3.05) is 19.6 Å². The summed E-state index contributed by atoms with van der Waals surface area (Å²) in [6, 6.07) is 0.657. The molecule has 1 fully saturated rings. The van der Waals surface area contributed by atoms with Crippen LogP contribution in [0, 0.1) is 13.8 Å². The number of hydrogen-bond donors (Lipinski definition) is 1. The number of carbonyl (C=O) groups is 1. The van der Waals surface area contributed by atoms with Gasteiger partial charge in [0.1, 0.15) is 5.76 Å². The molecule has 2 aromatic rings. The van der Waals surface area contributed by atoms with Gasteiger partial charge in [0.2, 0.25) is 5.91 Å². The molecule has 0 radical (unpaired) electrons. The van der Waals surface area contributed by atoms with E-state index in [1.165, 1.54) is 30.5 Å². The molecule has 0 bridgehead atoms. The smallest absolute Gasteiger partial charge is 0.296 e. The van der Waals surface area contributed by atoms with E-state index in [-0.39, 0.29) is 11.5 Å². The van der Waals surface area contributed by atoms with Crippen LogP contribution in [-0.2, 0) is 11.3 Å². The Kier molecular flexibility index (Phi) is 6.83. The molecule has 1 aliphatic rings. The molecule has 0 saturated carbocycles. The molecular weight excluding hydrogens is 358 g/mol. The van der Waals surface area contributed by atoms with Gasteiger partial charge >= 0.3 is 0 Å². The van der Waals surface area contributed by atoms with Gasteiger partial charge in [0.15, 0.2) is 5.52 Å². The number of amides is 1. The third-order valence-corrected chi connectivity index (χ3v) is 5.59. The minimum Gasteiger partial charge on any atom is -0.360 e. The highest BCUT2D eigenvalue weighted by Gasteiger charge is 2.17. The van der Waals surface area contributed by atoms with Crippen LogP contribution in [0.15, 0.2) is 9.32 Å². The van der Waals surface area contributed by atoms with Crippen molar-refractivity contribution in [3.8, 4) is 0 Å². The van der Waals surface area contributed by atoms with Gasteiger partial charge in [0.05, 0.1) is 11.1 Å². The van der Waals surface area contributed by atoms with E-state index in [4.69, 9.17) is 4.52 Å². The van der Waals surface area contributed by atoms with Crippen LogP contribution in [0.4, 0.5) is 0 Å². The normalized spacial score (nSPS) is 17.9. The lowest BCUT2D eigenvalue weighted by molar-refractivity contribution is -0.121. The Balaban J connectivity index is 1.40. The van der Waals surface area contributed by atoms with Gasteiger partial charge in [-0.1, -0.05) is 11.6 Å². The molecular formula is C20H31N5O3. The molecule has 0 aromatic carbocycles. The topological polar surface area (TPSA) is 93.3 Å². The van der Waals surface area contributed by atoms with E-state index < -0.39 is 0 Å². The lowest BCUT2D eigenvalue weighted by Crippen LogP contribution is -2.39. The average Bonchev–Trinajstić information content (AvgIpc) is 3.06. The Morgan fingerprint density at radius 1 is 1.25 bits per heavy atom. The number of rotatable bonds is 8. The first-order valence-electron chi connectivity index (χ1n) is 10.3. The number of piperidine rings is 1. The second-order valence-corrected chi connectivity index (χ2v) is 7.76. The number of aromatic nitrogens is 3. The summed E-state index contributed by atoms with van der Waals surface area (Å²) in [7, 11) is 0. The van der Waals surface area contributed by atoms with Gasteiger partial charge in [-0.2, -0.15) is 5.10 Å². The summed E-state index contributed by atoms with van der Waals surface area (Å²) >= 11 is 0. The molecule has 154 valence electrons. The summed E-state index contributed by atoms with van der Waals surface area (Å²) in [5.74, 6) is 0.623. The van der Waals surface area contributed by atoms with Crippen molar-refractivity contribution in [1.82, 2.24) is 25.2 Å². The highest BCUT2D eigenvalue weighted by Crippen LogP contribution is 2.17. The number of carbonyl (C=O) groups excluding carboxylic acids is 1. The molecule has 1 saturated heterocycles. The van der Waals surface area contributed by atoms with Gasteiger partial charge in [-0.25, -0.2) is 4.68 Å². The first kappa shape index (κ1) is 20.5. The SMILES string of the molecule is Cc1nn(CCCC(=O)NCCCN2CCCC[C@@H]2C)c(=O)c2noc(C)c12. The maximum Gasteiger partial charge on any atom is 0.296 e. The Morgan fingerprint density at radius 3 is 2.86 bits per heavy atom. The van der Waals surface area contributed by atoms with Crippen LogP contribution in [0.2, 0.25) is 0 Å². The number of likely N-dealkylation sites (tertiary alicyclic amines) is 1. The standard InChI is InChI=1S/C20H31N5O3/c1-14-8-4-5-11-24(14)12-7-10-21-17(26)9-6-13-25-20(27)19-18(15(2)22-25)16(3)28-23-19/h14H,4-13H2,1-3H3,(H,21,26)/t14-/m0/s1. The molecule has 0 spiro atoms. The fraction of sp³-hybridized carbons (Fsp3) is 0.700. The van der Waals surface area contributed by atoms with Crippen molar-refractivity contribution >= 4 is 16.8 Å². The molecule has 3 heterocycles. The van der Waals surface area contributed by atoms with E-state index in [0.29, 0.717) is 54.3 Å². The first-order valence-corrected chi connectivity index (χ1v) is 10.3. The maximum absolute atomic E-state index is 12.4.